The summed E-state index contributed by atoms with van der Waals surface area (Å²) < 4.78 is 14.7. The number of carboxylic acids is 1. The molecule has 1 aliphatic carbocycles. The molecular formula is C22H24ClNO3S. The van der Waals surface area contributed by atoms with Crippen LogP contribution in [0.25, 0.3) is 10.9 Å². The van der Waals surface area contributed by atoms with Gasteiger partial charge in [0.05, 0.1) is 21.2 Å². The standard InChI is InChI=1S/C20H20ClNOS.C2H4O2/c1-24(23)19-8-4-6-17-16-5-2-3-7-18(16)22(20(17)19)13-14-9-11-15(21)12-10-14;1-2(3)4/h4,6,8-12H,2-3,5,7,13H2,1H3;1H3,(H,3,4). The molecular weight excluding hydrogens is 394 g/mol. The van der Waals surface area contributed by atoms with E-state index in [1.165, 1.54) is 35.0 Å². The molecule has 4 nitrogen and oxygen atoms in total. The van der Waals surface area contributed by atoms with E-state index in [9.17, 15) is 4.21 Å². The molecule has 0 fully saturated rings. The summed E-state index contributed by atoms with van der Waals surface area (Å²) in [6.07, 6.45) is 6.47. The molecule has 4 rings (SSSR count). The van der Waals surface area contributed by atoms with Gasteiger partial charge < -0.3 is 9.67 Å². The number of aliphatic carboxylic acids is 1. The Morgan fingerprint density at radius 2 is 1.79 bits per heavy atom. The lowest BCUT2D eigenvalue weighted by molar-refractivity contribution is -0.134. The largest absolute Gasteiger partial charge is 0.481 e. The molecule has 1 atom stereocenters. The summed E-state index contributed by atoms with van der Waals surface area (Å²) in [5, 5.41) is 9.46. The molecule has 1 aliphatic rings. The van der Waals surface area contributed by atoms with E-state index in [4.69, 9.17) is 21.5 Å². The van der Waals surface area contributed by atoms with Crippen molar-refractivity contribution in [2.45, 2.75) is 44.0 Å². The number of hydrogen-bond acceptors (Lipinski definition) is 2. The molecule has 1 N–H and O–H groups in total. The number of carboxylic acid groups (broad SMARTS) is 1. The zero-order valence-electron chi connectivity index (χ0n) is 16.1. The van der Waals surface area contributed by atoms with Crippen molar-refractivity contribution in [3.63, 3.8) is 0 Å². The number of halogens is 1. The van der Waals surface area contributed by atoms with Crippen LogP contribution in [-0.2, 0) is 35.0 Å². The van der Waals surface area contributed by atoms with Crippen LogP contribution in [0.1, 0.15) is 36.6 Å². The molecule has 1 unspecified atom stereocenters. The van der Waals surface area contributed by atoms with Crippen LogP contribution in [0.2, 0.25) is 5.02 Å². The van der Waals surface area contributed by atoms with E-state index < -0.39 is 16.8 Å². The van der Waals surface area contributed by atoms with Gasteiger partial charge in [-0.3, -0.25) is 9.00 Å². The van der Waals surface area contributed by atoms with Gasteiger partial charge in [-0.2, -0.15) is 0 Å². The molecule has 0 saturated carbocycles. The van der Waals surface area contributed by atoms with Gasteiger partial charge in [0, 0.05) is 35.8 Å². The molecule has 148 valence electrons. The van der Waals surface area contributed by atoms with Crippen LogP contribution in [0.5, 0.6) is 0 Å². The molecule has 28 heavy (non-hydrogen) atoms. The Labute approximate surface area is 172 Å². The molecule has 1 heterocycles. The van der Waals surface area contributed by atoms with Gasteiger partial charge in [-0.25, -0.2) is 0 Å². The van der Waals surface area contributed by atoms with Gasteiger partial charge in [-0.05, 0) is 55.0 Å². The zero-order chi connectivity index (χ0) is 20.3. The number of benzene rings is 2. The minimum absolute atomic E-state index is 0.758. The fourth-order valence-corrected chi connectivity index (χ4v) is 4.72. The fourth-order valence-electron chi connectivity index (χ4n) is 3.84. The van der Waals surface area contributed by atoms with Crippen molar-refractivity contribution >= 4 is 39.3 Å². The maximum absolute atomic E-state index is 12.3. The molecule has 0 spiro atoms. The highest BCUT2D eigenvalue weighted by Gasteiger charge is 2.22. The Morgan fingerprint density at radius 1 is 1.14 bits per heavy atom. The first-order chi connectivity index (χ1) is 13.4. The van der Waals surface area contributed by atoms with Gasteiger partial charge in [-0.1, -0.05) is 35.9 Å². The van der Waals surface area contributed by atoms with Crippen LogP contribution in [-0.4, -0.2) is 26.1 Å². The van der Waals surface area contributed by atoms with E-state index in [1.807, 2.05) is 24.3 Å². The first-order valence-corrected chi connectivity index (χ1v) is 11.2. The number of fused-ring (bicyclic) bond motifs is 3. The first-order valence-electron chi connectivity index (χ1n) is 9.29. The van der Waals surface area contributed by atoms with Crippen LogP contribution < -0.4 is 0 Å². The van der Waals surface area contributed by atoms with Gasteiger partial charge in [0.15, 0.2) is 0 Å². The Bertz CT molecular complexity index is 1020. The van der Waals surface area contributed by atoms with Crippen molar-refractivity contribution in [3.05, 3.63) is 64.3 Å². The molecule has 1 aromatic heterocycles. The summed E-state index contributed by atoms with van der Waals surface area (Å²) in [6.45, 7) is 1.89. The third kappa shape index (κ3) is 4.47. The number of aryl methyl sites for hydroxylation is 1. The molecule has 6 heteroatoms. The van der Waals surface area contributed by atoms with E-state index in [1.54, 1.807) is 6.26 Å². The highest BCUT2D eigenvalue weighted by atomic mass is 35.5. The van der Waals surface area contributed by atoms with Crippen molar-refractivity contribution in [2.75, 3.05) is 6.26 Å². The predicted molar refractivity (Wildman–Crippen MR) is 115 cm³/mol. The zero-order valence-corrected chi connectivity index (χ0v) is 17.6. The highest BCUT2D eigenvalue weighted by Crippen LogP contribution is 2.35. The first kappa shape index (κ1) is 20.6. The van der Waals surface area contributed by atoms with E-state index >= 15 is 0 Å². The van der Waals surface area contributed by atoms with Gasteiger partial charge in [-0.15, -0.1) is 0 Å². The number of aromatic nitrogens is 1. The SMILES string of the molecule is CC(=O)O.CS(=O)c1cccc2c3c(n(Cc4ccc(Cl)cc4)c12)CCCC3. The average Bonchev–Trinajstić information content (AvgIpc) is 2.97. The van der Waals surface area contributed by atoms with Crippen LogP contribution in [0.15, 0.2) is 47.4 Å². The monoisotopic (exact) mass is 417 g/mol. The average molecular weight is 418 g/mol. The summed E-state index contributed by atoms with van der Waals surface area (Å²) >= 11 is 6.02. The number of hydrogen-bond donors (Lipinski definition) is 1. The van der Waals surface area contributed by atoms with E-state index in [2.05, 4.69) is 22.8 Å². The van der Waals surface area contributed by atoms with Crippen LogP contribution in [0.4, 0.5) is 0 Å². The molecule has 3 aromatic rings. The third-order valence-corrected chi connectivity index (χ3v) is 6.12. The second kappa shape index (κ2) is 8.93. The summed E-state index contributed by atoms with van der Waals surface area (Å²) in [5.41, 5.74) is 5.25. The topological polar surface area (TPSA) is 59.3 Å². The summed E-state index contributed by atoms with van der Waals surface area (Å²) in [6, 6.07) is 14.3. The normalized spacial score (nSPS) is 14.1. The fraction of sp³-hybridized carbons (Fsp3) is 0.318. The van der Waals surface area contributed by atoms with Gasteiger partial charge in [0.2, 0.25) is 0 Å². The van der Waals surface area contributed by atoms with Crippen molar-refractivity contribution in [3.8, 4) is 0 Å². The quantitative estimate of drug-likeness (QED) is 0.648. The van der Waals surface area contributed by atoms with Gasteiger partial charge in [0.1, 0.15) is 0 Å². The molecule has 0 saturated heterocycles. The van der Waals surface area contributed by atoms with E-state index in [0.717, 1.165) is 41.7 Å². The summed E-state index contributed by atoms with van der Waals surface area (Å²) in [5.74, 6) is -0.833. The van der Waals surface area contributed by atoms with Crippen molar-refractivity contribution < 1.29 is 14.1 Å². The lowest BCUT2D eigenvalue weighted by Gasteiger charge is -2.16. The van der Waals surface area contributed by atoms with Crippen molar-refractivity contribution in [1.82, 2.24) is 4.57 Å². The van der Waals surface area contributed by atoms with Gasteiger partial charge in [0.25, 0.3) is 5.97 Å². The number of carbonyl (C=O) groups is 1. The molecule has 2 aromatic carbocycles. The minimum Gasteiger partial charge on any atom is -0.481 e. The summed E-state index contributed by atoms with van der Waals surface area (Å²) in [7, 11) is -0.996. The van der Waals surface area contributed by atoms with Crippen LogP contribution >= 0.6 is 11.6 Å². The maximum atomic E-state index is 12.3. The number of para-hydroxylation sites is 1. The Morgan fingerprint density at radius 3 is 2.43 bits per heavy atom. The number of nitrogens with zero attached hydrogens (tertiary/aromatic N) is 1. The van der Waals surface area contributed by atoms with Crippen molar-refractivity contribution in [2.24, 2.45) is 0 Å². The van der Waals surface area contributed by atoms with Gasteiger partial charge >= 0.3 is 0 Å². The van der Waals surface area contributed by atoms with Crippen LogP contribution in [0.3, 0.4) is 0 Å². The maximum Gasteiger partial charge on any atom is 0.300 e. The van der Waals surface area contributed by atoms with Crippen LogP contribution in [0, 0.1) is 0 Å². The molecule has 0 bridgehead atoms. The predicted octanol–water partition coefficient (Wildman–Crippen LogP) is 5.05. The number of rotatable bonds is 3. The second-order valence-electron chi connectivity index (χ2n) is 6.97. The third-order valence-electron chi connectivity index (χ3n) is 4.92. The van der Waals surface area contributed by atoms with E-state index in [-0.39, 0.29) is 0 Å². The summed E-state index contributed by atoms with van der Waals surface area (Å²) in [4.78, 5) is 9.94. The molecule has 0 aliphatic heterocycles. The smallest absolute Gasteiger partial charge is 0.300 e. The minimum atomic E-state index is -0.996. The Kier molecular flexibility index (Phi) is 6.57. The van der Waals surface area contributed by atoms with E-state index in [0.29, 0.717) is 0 Å². The lowest BCUT2D eigenvalue weighted by Crippen LogP contribution is -2.10. The molecule has 0 radical (unpaired) electrons. The molecule has 0 amide bonds. The Balaban J connectivity index is 0.000000516. The second-order valence-corrected chi connectivity index (χ2v) is 8.75. The lowest BCUT2D eigenvalue weighted by atomic mass is 9.95. The highest BCUT2D eigenvalue weighted by molar-refractivity contribution is 7.84. The Hall–Kier alpha value is -2.11. The van der Waals surface area contributed by atoms with Crippen molar-refractivity contribution in [1.29, 1.82) is 0 Å².